The van der Waals surface area contributed by atoms with Crippen LogP contribution >= 0.6 is 0 Å². The summed E-state index contributed by atoms with van der Waals surface area (Å²) in [5.74, 6) is 0.686. The first-order chi connectivity index (χ1) is 11.0. The number of piperidine rings is 1. The average Bonchev–Trinajstić information content (AvgIpc) is 3.09. The van der Waals surface area contributed by atoms with Crippen molar-refractivity contribution in [3.05, 3.63) is 29.6 Å². The lowest BCUT2D eigenvalue weighted by Crippen LogP contribution is -2.51. The number of nitrogens with zero attached hydrogens (tertiary/aromatic N) is 3. The highest BCUT2D eigenvalue weighted by molar-refractivity contribution is 6.39. The molecular formula is C17H23B2N3O. The Kier molecular flexibility index (Phi) is 4.81. The fourth-order valence-corrected chi connectivity index (χ4v) is 3.40. The molecule has 6 heteroatoms. The van der Waals surface area contributed by atoms with Crippen molar-refractivity contribution >= 4 is 21.6 Å². The topological polar surface area (TPSA) is 36.4 Å². The minimum Gasteiger partial charge on any atom is -0.337 e. The molecule has 1 amide bonds. The summed E-state index contributed by atoms with van der Waals surface area (Å²) in [7, 11) is 12.8. The smallest absolute Gasteiger partial charge is 0.272 e. The Labute approximate surface area is 141 Å². The third kappa shape index (κ3) is 3.47. The number of carbonyl (C=O) groups excluding carboxylic acids is 1. The second-order valence-electron chi connectivity index (χ2n) is 6.90. The fraction of sp³-hybridized carbons (Fsp3) is 0.647. The number of hydrogen-bond acceptors (Lipinski definition) is 3. The van der Waals surface area contributed by atoms with Gasteiger partial charge in [0.2, 0.25) is 0 Å². The van der Waals surface area contributed by atoms with Crippen molar-refractivity contribution < 1.29 is 4.79 Å². The van der Waals surface area contributed by atoms with E-state index >= 15 is 0 Å². The normalized spacial score (nSPS) is 20.8. The molecule has 23 heavy (non-hydrogen) atoms. The summed E-state index contributed by atoms with van der Waals surface area (Å²) in [6, 6.07) is 5.39. The van der Waals surface area contributed by atoms with Crippen LogP contribution in [0.3, 0.4) is 0 Å². The summed E-state index contributed by atoms with van der Waals surface area (Å²) in [4.78, 5) is 20.9. The highest BCUT2D eigenvalue weighted by Crippen LogP contribution is 2.27. The molecule has 2 fully saturated rings. The molecule has 2 saturated heterocycles. The van der Waals surface area contributed by atoms with Gasteiger partial charge in [-0.25, -0.2) is 4.98 Å². The monoisotopic (exact) mass is 307 g/mol. The molecule has 0 atom stereocenters. The molecule has 3 heterocycles. The van der Waals surface area contributed by atoms with Crippen LogP contribution < -0.4 is 0 Å². The minimum atomic E-state index is -1.12. The van der Waals surface area contributed by atoms with Gasteiger partial charge in [-0.1, -0.05) is 13.0 Å². The quantitative estimate of drug-likeness (QED) is 0.794. The van der Waals surface area contributed by atoms with E-state index in [2.05, 4.69) is 16.8 Å². The van der Waals surface area contributed by atoms with Gasteiger partial charge in [-0.15, -0.1) is 0 Å². The molecule has 0 aromatic carbocycles. The van der Waals surface area contributed by atoms with E-state index in [0.717, 1.165) is 51.9 Å². The van der Waals surface area contributed by atoms with Gasteiger partial charge in [0, 0.05) is 18.8 Å². The number of amides is 1. The predicted octanol–water partition coefficient (Wildman–Crippen LogP) is 1.50. The number of likely N-dealkylation sites (tertiary alicyclic amines) is 2. The molecule has 0 bridgehead atoms. The van der Waals surface area contributed by atoms with Crippen LogP contribution in [0.1, 0.15) is 48.8 Å². The summed E-state index contributed by atoms with van der Waals surface area (Å²) in [6.07, 6.45) is 4.30. The molecule has 4 nitrogen and oxygen atoms in total. The maximum Gasteiger partial charge on any atom is 0.272 e. The van der Waals surface area contributed by atoms with Crippen LogP contribution in [0.2, 0.25) is 0 Å². The lowest BCUT2D eigenvalue weighted by molar-refractivity contribution is 0.0786. The molecule has 0 unspecified atom stereocenters. The molecular weight excluding hydrogens is 284 g/mol. The first kappa shape index (κ1) is 16.6. The van der Waals surface area contributed by atoms with Gasteiger partial charge in [-0.05, 0) is 62.2 Å². The predicted molar refractivity (Wildman–Crippen MR) is 92.5 cm³/mol. The van der Waals surface area contributed by atoms with Crippen molar-refractivity contribution in [1.82, 2.24) is 14.8 Å². The van der Waals surface area contributed by atoms with Gasteiger partial charge < -0.3 is 9.80 Å². The first-order valence-corrected chi connectivity index (χ1v) is 8.58. The lowest BCUT2D eigenvalue weighted by atomic mass is 9.58. The van der Waals surface area contributed by atoms with Gasteiger partial charge in [-0.3, -0.25) is 4.79 Å². The number of rotatable bonds is 3. The third-order valence-corrected chi connectivity index (χ3v) is 5.08. The molecule has 2 aliphatic rings. The van der Waals surface area contributed by atoms with Gasteiger partial charge in [0.25, 0.3) is 5.91 Å². The van der Waals surface area contributed by atoms with E-state index in [1.54, 1.807) is 6.07 Å². The largest absolute Gasteiger partial charge is 0.337 e. The van der Waals surface area contributed by atoms with Crippen molar-refractivity contribution in [3.8, 4) is 0 Å². The van der Waals surface area contributed by atoms with E-state index in [9.17, 15) is 4.79 Å². The fourth-order valence-electron chi connectivity index (χ4n) is 3.40. The van der Waals surface area contributed by atoms with E-state index in [4.69, 9.17) is 15.7 Å². The van der Waals surface area contributed by atoms with Crippen LogP contribution in [0, 0.1) is 5.92 Å². The van der Waals surface area contributed by atoms with E-state index in [1.165, 1.54) is 0 Å². The minimum absolute atomic E-state index is 0.0209. The van der Waals surface area contributed by atoms with Crippen LogP contribution in [-0.4, -0.2) is 62.6 Å². The van der Waals surface area contributed by atoms with Crippen LogP contribution in [0.25, 0.3) is 0 Å². The Morgan fingerprint density at radius 2 is 1.83 bits per heavy atom. The molecule has 2 aliphatic heterocycles. The van der Waals surface area contributed by atoms with Gasteiger partial charge in [0.15, 0.2) is 0 Å². The first-order valence-electron chi connectivity index (χ1n) is 8.58. The van der Waals surface area contributed by atoms with Crippen molar-refractivity contribution in [2.75, 3.05) is 26.2 Å². The standard InChI is InChI=1S/C17H23B2N3O/c1-13-7-11-22(12-8-13)17(18,19)15-6-4-5-14(20-15)16(23)21-9-2-3-10-21/h4-6,13H,2-3,7-12H2,1H3. The maximum absolute atomic E-state index is 12.5. The molecule has 1 aromatic rings. The van der Waals surface area contributed by atoms with E-state index in [1.807, 2.05) is 17.0 Å². The average molecular weight is 307 g/mol. The molecule has 0 saturated carbocycles. The molecule has 0 aliphatic carbocycles. The number of carbonyl (C=O) groups is 1. The molecule has 3 rings (SSSR count). The van der Waals surface area contributed by atoms with Crippen LogP contribution in [0.15, 0.2) is 18.2 Å². The van der Waals surface area contributed by atoms with Gasteiger partial charge >= 0.3 is 0 Å². The maximum atomic E-state index is 12.5. The van der Waals surface area contributed by atoms with Crippen molar-refractivity contribution in [2.45, 2.75) is 37.9 Å². The van der Waals surface area contributed by atoms with E-state index in [-0.39, 0.29) is 5.91 Å². The van der Waals surface area contributed by atoms with Gasteiger partial charge in [-0.2, -0.15) is 0 Å². The summed E-state index contributed by atoms with van der Waals surface area (Å²) in [5.41, 5.74) is 1.01. The van der Waals surface area contributed by atoms with Crippen LogP contribution in [0.4, 0.5) is 0 Å². The molecule has 0 spiro atoms. The Hall–Kier alpha value is -1.29. The van der Waals surface area contributed by atoms with Gasteiger partial charge in [0.1, 0.15) is 5.69 Å². The molecule has 1 aromatic heterocycles. The zero-order chi connectivity index (χ0) is 16.4. The van der Waals surface area contributed by atoms with Crippen LogP contribution in [0.5, 0.6) is 0 Å². The summed E-state index contributed by atoms with van der Waals surface area (Å²) >= 11 is 0. The summed E-state index contributed by atoms with van der Waals surface area (Å²) in [5, 5.41) is -1.12. The van der Waals surface area contributed by atoms with E-state index in [0.29, 0.717) is 17.3 Å². The van der Waals surface area contributed by atoms with Gasteiger partial charge in [0.05, 0.1) is 15.7 Å². The van der Waals surface area contributed by atoms with Crippen molar-refractivity contribution in [3.63, 3.8) is 0 Å². The summed E-state index contributed by atoms with van der Waals surface area (Å²) < 4.78 is 0. The molecule has 4 radical (unpaired) electrons. The van der Waals surface area contributed by atoms with Crippen molar-refractivity contribution in [2.24, 2.45) is 5.92 Å². The zero-order valence-corrected chi connectivity index (χ0v) is 13.9. The Morgan fingerprint density at radius 3 is 2.48 bits per heavy atom. The highest BCUT2D eigenvalue weighted by atomic mass is 16.2. The lowest BCUT2D eigenvalue weighted by Gasteiger charge is -2.43. The van der Waals surface area contributed by atoms with Crippen molar-refractivity contribution in [1.29, 1.82) is 0 Å². The second-order valence-corrected chi connectivity index (χ2v) is 6.90. The SMILES string of the molecule is [B]C([B])(c1cccc(C(=O)N2CCCC2)n1)N1CCC(C)CC1. The number of hydrogen-bond donors (Lipinski definition) is 0. The number of pyridine rings is 1. The number of aromatic nitrogens is 1. The van der Waals surface area contributed by atoms with Crippen LogP contribution in [-0.2, 0) is 5.34 Å². The Balaban J connectivity index is 1.79. The molecule has 0 N–H and O–H groups in total. The second kappa shape index (κ2) is 6.68. The Bertz CT molecular complexity index is 565. The summed E-state index contributed by atoms with van der Waals surface area (Å²) in [6.45, 7) is 5.59. The third-order valence-electron chi connectivity index (χ3n) is 5.08. The Morgan fingerprint density at radius 1 is 1.17 bits per heavy atom. The highest BCUT2D eigenvalue weighted by Gasteiger charge is 2.32. The van der Waals surface area contributed by atoms with E-state index < -0.39 is 5.34 Å². The molecule has 118 valence electrons. The zero-order valence-electron chi connectivity index (χ0n) is 13.9.